The minimum Gasteiger partial charge on any atom is -0.497 e. The third-order valence-electron chi connectivity index (χ3n) is 6.66. The Balaban J connectivity index is 1.35. The van der Waals surface area contributed by atoms with Crippen LogP contribution in [0.4, 0.5) is 10.5 Å². The Morgan fingerprint density at radius 3 is 2.30 bits per heavy atom. The van der Waals surface area contributed by atoms with E-state index in [0.29, 0.717) is 30.9 Å². The minimum absolute atomic E-state index is 0.00379. The lowest BCUT2D eigenvalue weighted by atomic mass is 10.1. The van der Waals surface area contributed by atoms with Crippen molar-refractivity contribution in [3.8, 4) is 5.75 Å². The molecule has 1 heterocycles. The van der Waals surface area contributed by atoms with Crippen LogP contribution in [-0.4, -0.2) is 61.4 Å². The van der Waals surface area contributed by atoms with Crippen LogP contribution in [0.3, 0.4) is 0 Å². The lowest BCUT2D eigenvalue weighted by Gasteiger charge is -2.36. The number of ketones is 1. The van der Waals surface area contributed by atoms with Gasteiger partial charge in [0.1, 0.15) is 5.75 Å². The number of Topliss-reactive ketones (excluding diaryl/α,β-unsaturated/α-hetero) is 1. The van der Waals surface area contributed by atoms with E-state index in [0.717, 1.165) is 36.5 Å². The number of carbonyl (C=O) groups is 2. The Labute approximate surface area is 219 Å². The summed E-state index contributed by atoms with van der Waals surface area (Å²) in [5.41, 5.74) is 4.74. The molecule has 3 aromatic rings. The van der Waals surface area contributed by atoms with Gasteiger partial charge < -0.3 is 19.7 Å². The molecule has 7 nitrogen and oxygen atoms in total. The van der Waals surface area contributed by atoms with E-state index in [4.69, 9.17) is 9.47 Å². The van der Waals surface area contributed by atoms with Crippen molar-refractivity contribution in [1.82, 2.24) is 9.80 Å². The molecule has 0 aliphatic carbocycles. The van der Waals surface area contributed by atoms with Gasteiger partial charge in [-0.3, -0.25) is 9.69 Å². The highest BCUT2D eigenvalue weighted by Gasteiger charge is 2.24. The van der Waals surface area contributed by atoms with E-state index in [1.807, 2.05) is 23.1 Å². The average Bonchev–Trinajstić information content (AvgIpc) is 2.92. The van der Waals surface area contributed by atoms with Crippen LogP contribution in [0.5, 0.6) is 5.75 Å². The van der Waals surface area contributed by atoms with E-state index < -0.39 is 0 Å². The fourth-order valence-corrected chi connectivity index (χ4v) is 4.34. The molecule has 1 aliphatic heterocycles. The molecule has 3 aromatic carbocycles. The lowest BCUT2D eigenvalue weighted by Crippen LogP contribution is -2.50. The van der Waals surface area contributed by atoms with E-state index in [9.17, 15) is 9.59 Å². The summed E-state index contributed by atoms with van der Waals surface area (Å²) in [6, 6.07) is 23.3. The third kappa shape index (κ3) is 7.41. The summed E-state index contributed by atoms with van der Waals surface area (Å²) in [5, 5.41) is 2.93. The second-order valence-electron chi connectivity index (χ2n) is 9.41. The maximum absolute atomic E-state index is 12.8. The van der Waals surface area contributed by atoms with E-state index in [2.05, 4.69) is 47.5 Å². The second-order valence-corrected chi connectivity index (χ2v) is 9.41. The highest BCUT2D eigenvalue weighted by Crippen LogP contribution is 2.25. The van der Waals surface area contributed by atoms with Gasteiger partial charge in [-0.25, -0.2) is 4.79 Å². The van der Waals surface area contributed by atoms with E-state index >= 15 is 0 Å². The fraction of sp³-hybridized carbons (Fsp3) is 0.333. The van der Waals surface area contributed by atoms with Gasteiger partial charge in [-0.2, -0.15) is 0 Å². The summed E-state index contributed by atoms with van der Waals surface area (Å²) >= 11 is 0. The minimum atomic E-state index is -0.129. The maximum Gasteiger partial charge on any atom is 0.321 e. The Morgan fingerprint density at radius 2 is 1.65 bits per heavy atom. The maximum atomic E-state index is 12.8. The normalized spacial score (nSPS) is 14.7. The molecule has 0 unspecified atom stereocenters. The number of hydrogen-bond donors (Lipinski definition) is 1. The molecule has 4 rings (SSSR count). The van der Waals surface area contributed by atoms with Crippen molar-refractivity contribution in [3.63, 3.8) is 0 Å². The number of methoxy groups -OCH3 is 1. The first-order valence-electron chi connectivity index (χ1n) is 12.6. The number of amides is 2. The molecule has 0 radical (unpaired) electrons. The Hall–Kier alpha value is -3.68. The van der Waals surface area contributed by atoms with E-state index in [1.54, 1.807) is 31.4 Å². The number of aryl methyl sites for hydroxylation is 1. The molecule has 194 valence electrons. The Bertz CT molecular complexity index is 1190. The fourth-order valence-electron chi connectivity index (χ4n) is 4.34. The summed E-state index contributed by atoms with van der Waals surface area (Å²) < 4.78 is 11.9. The molecule has 1 aliphatic rings. The largest absolute Gasteiger partial charge is 0.497 e. The van der Waals surface area contributed by atoms with Crippen LogP contribution in [0, 0.1) is 6.92 Å². The zero-order valence-electron chi connectivity index (χ0n) is 21.8. The molecule has 37 heavy (non-hydrogen) atoms. The molecular weight excluding hydrogens is 466 g/mol. The van der Waals surface area contributed by atoms with Gasteiger partial charge in [0.25, 0.3) is 0 Å². The highest BCUT2D eigenvalue weighted by atomic mass is 16.5. The van der Waals surface area contributed by atoms with Crippen molar-refractivity contribution in [1.29, 1.82) is 0 Å². The first-order chi connectivity index (χ1) is 17.9. The number of ether oxygens (including phenoxy) is 2. The molecule has 0 saturated carbocycles. The van der Waals surface area contributed by atoms with Crippen molar-refractivity contribution in [2.75, 3.05) is 45.2 Å². The molecule has 0 spiro atoms. The van der Waals surface area contributed by atoms with Crippen LogP contribution in [0.25, 0.3) is 0 Å². The quantitative estimate of drug-likeness (QED) is 0.402. The zero-order valence-corrected chi connectivity index (χ0v) is 21.8. The van der Waals surface area contributed by atoms with Gasteiger partial charge in [-0.1, -0.05) is 42.0 Å². The van der Waals surface area contributed by atoms with Crippen molar-refractivity contribution < 1.29 is 19.1 Å². The van der Waals surface area contributed by atoms with Crippen LogP contribution in [0.1, 0.15) is 40.1 Å². The van der Waals surface area contributed by atoms with Crippen LogP contribution in [0.15, 0.2) is 72.8 Å². The van der Waals surface area contributed by atoms with Gasteiger partial charge in [0.2, 0.25) is 0 Å². The first kappa shape index (κ1) is 26.4. The predicted molar refractivity (Wildman–Crippen MR) is 145 cm³/mol. The van der Waals surface area contributed by atoms with E-state index in [-0.39, 0.29) is 17.9 Å². The SMILES string of the molecule is COc1cccc([C@@H](CN2CCN(C(=O)Nc3ccc(C(C)=O)cc3)CC2)OCc2ccc(C)cc2)c1. The molecule has 7 heteroatoms. The second kappa shape index (κ2) is 12.5. The van der Waals surface area contributed by atoms with Gasteiger partial charge >= 0.3 is 6.03 Å². The van der Waals surface area contributed by atoms with Crippen LogP contribution in [0.2, 0.25) is 0 Å². The number of piperazine rings is 1. The third-order valence-corrected chi connectivity index (χ3v) is 6.66. The van der Waals surface area contributed by atoms with Crippen molar-refractivity contribution in [3.05, 3.63) is 95.1 Å². The molecular formula is C30H35N3O4. The summed E-state index contributed by atoms with van der Waals surface area (Å²) in [7, 11) is 1.67. The number of nitrogens with zero attached hydrogens (tertiary/aromatic N) is 2. The van der Waals surface area contributed by atoms with Gasteiger partial charge in [-0.05, 0) is 61.4 Å². The van der Waals surface area contributed by atoms with Crippen molar-refractivity contribution >= 4 is 17.5 Å². The number of urea groups is 1. The summed E-state index contributed by atoms with van der Waals surface area (Å²) in [6.07, 6.45) is -0.128. The smallest absolute Gasteiger partial charge is 0.321 e. The Kier molecular flexibility index (Phi) is 8.93. The van der Waals surface area contributed by atoms with Crippen molar-refractivity contribution in [2.45, 2.75) is 26.6 Å². The molecule has 0 aromatic heterocycles. The number of benzene rings is 3. The zero-order chi connectivity index (χ0) is 26.2. The predicted octanol–water partition coefficient (Wildman–Crippen LogP) is 5.31. The summed E-state index contributed by atoms with van der Waals surface area (Å²) in [6.45, 7) is 7.61. The number of carbonyl (C=O) groups excluding carboxylic acids is 2. The number of anilines is 1. The van der Waals surface area contributed by atoms with Gasteiger partial charge in [0.15, 0.2) is 5.78 Å². The van der Waals surface area contributed by atoms with E-state index in [1.165, 1.54) is 12.5 Å². The van der Waals surface area contributed by atoms with Crippen LogP contribution >= 0.6 is 0 Å². The Morgan fingerprint density at radius 1 is 0.946 bits per heavy atom. The molecule has 0 bridgehead atoms. The topological polar surface area (TPSA) is 71.1 Å². The number of nitrogens with one attached hydrogen (secondary N) is 1. The van der Waals surface area contributed by atoms with Crippen LogP contribution in [-0.2, 0) is 11.3 Å². The summed E-state index contributed by atoms with van der Waals surface area (Å²) in [5.74, 6) is 0.809. The molecule has 1 fully saturated rings. The lowest BCUT2D eigenvalue weighted by molar-refractivity contribution is 0.00584. The molecule has 1 saturated heterocycles. The van der Waals surface area contributed by atoms with Gasteiger partial charge in [-0.15, -0.1) is 0 Å². The monoisotopic (exact) mass is 501 g/mol. The number of hydrogen-bond acceptors (Lipinski definition) is 5. The average molecular weight is 502 g/mol. The van der Waals surface area contributed by atoms with Gasteiger partial charge in [0.05, 0.1) is 19.8 Å². The molecule has 1 atom stereocenters. The molecule has 2 amide bonds. The van der Waals surface area contributed by atoms with Crippen LogP contribution < -0.4 is 10.1 Å². The molecule has 1 N–H and O–H groups in total. The van der Waals surface area contributed by atoms with Crippen molar-refractivity contribution in [2.24, 2.45) is 0 Å². The highest BCUT2D eigenvalue weighted by molar-refractivity contribution is 5.95. The summed E-state index contributed by atoms with van der Waals surface area (Å²) in [4.78, 5) is 28.4. The standard InChI is InChI=1S/C30H35N3O4/c1-22-7-9-24(10-8-22)21-37-29(26-5-4-6-28(19-26)36-3)20-32-15-17-33(18-16-32)30(35)31-27-13-11-25(12-14-27)23(2)34/h4-14,19,29H,15-18,20-21H2,1-3H3,(H,31,35)/t29-/m1/s1. The number of rotatable bonds is 9. The first-order valence-corrected chi connectivity index (χ1v) is 12.6. The van der Waals surface area contributed by atoms with Gasteiger partial charge in [0, 0.05) is 44.0 Å².